The van der Waals surface area contributed by atoms with Crippen molar-refractivity contribution in [3.63, 3.8) is 0 Å². The molecule has 0 aromatic heterocycles. The van der Waals surface area contributed by atoms with E-state index in [-0.39, 0.29) is 13.2 Å². The van der Waals surface area contributed by atoms with E-state index in [1.54, 1.807) is 18.2 Å². The predicted octanol–water partition coefficient (Wildman–Crippen LogP) is -0.893. The maximum atomic E-state index is 11.4. The Balaban J connectivity index is 1.96. The molecule has 0 bridgehead atoms. The minimum absolute atomic E-state index is 0.0746. The van der Waals surface area contributed by atoms with Crippen LogP contribution < -0.4 is 23.5 Å². The molecule has 1 aliphatic heterocycles. The fourth-order valence-electron chi connectivity index (χ4n) is 1.57. The van der Waals surface area contributed by atoms with E-state index >= 15 is 0 Å². The summed E-state index contributed by atoms with van der Waals surface area (Å²) in [5, 5.41) is 5.06. The molecular formula is C9H12ClN3O6S2. The van der Waals surface area contributed by atoms with E-state index in [9.17, 15) is 16.8 Å². The lowest BCUT2D eigenvalue weighted by Gasteiger charge is -2.26. The van der Waals surface area contributed by atoms with Crippen molar-refractivity contribution in [2.75, 3.05) is 13.2 Å². The third kappa shape index (κ3) is 4.98. The molecule has 0 spiro atoms. The van der Waals surface area contributed by atoms with Crippen molar-refractivity contribution in [2.45, 2.75) is 6.10 Å². The van der Waals surface area contributed by atoms with E-state index in [4.69, 9.17) is 21.1 Å². The van der Waals surface area contributed by atoms with Crippen LogP contribution >= 0.6 is 11.6 Å². The first-order chi connectivity index (χ1) is 9.65. The summed E-state index contributed by atoms with van der Waals surface area (Å²) in [5.74, 6) is 0.860. The third-order valence-corrected chi connectivity index (χ3v) is 4.94. The maximum absolute atomic E-state index is 11.4. The maximum Gasteiger partial charge on any atom is 0.291 e. The van der Waals surface area contributed by atoms with Crippen LogP contribution in [0.5, 0.6) is 11.5 Å². The molecule has 0 fully saturated rings. The smallest absolute Gasteiger partial charge is 0.291 e. The van der Waals surface area contributed by atoms with Gasteiger partial charge in [-0.3, -0.25) is 0 Å². The standard InChI is InChI=1S/C9H12ClN3O6S2/c10-6-1-2-8-9(3-6)18-5-7(19-8)4-12-21(16,17)13-20(11,14)15/h1-3,7,12-13H,4-5H2,(H2,11,14,15). The quantitative estimate of drug-likeness (QED) is 0.625. The number of halogens is 1. The summed E-state index contributed by atoms with van der Waals surface area (Å²) < 4.78 is 58.2. The lowest BCUT2D eigenvalue weighted by molar-refractivity contribution is 0.0943. The minimum atomic E-state index is -4.38. The summed E-state index contributed by atoms with van der Waals surface area (Å²) in [6, 6.07) is 4.75. The van der Waals surface area contributed by atoms with Gasteiger partial charge >= 0.3 is 0 Å². The molecule has 0 radical (unpaired) electrons. The molecular weight excluding hydrogens is 346 g/mol. The van der Waals surface area contributed by atoms with Crippen LogP contribution in [0.3, 0.4) is 0 Å². The lowest BCUT2D eigenvalue weighted by Crippen LogP contribution is -2.47. The van der Waals surface area contributed by atoms with Crippen molar-refractivity contribution >= 4 is 32.0 Å². The van der Waals surface area contributed by atoms with Crippen molar-refractivity contribution in [1.82, 2.24) is 8.85 Å². The van der Waals surface area contributed by atoms with Crippen LogP contribution in [0.2, 0.25) is 5.02 Å². The fourth-order valence-corrected chi connectivity index (χ4v) is 3.60. The Morgan fingerprint density at radius 3 is 2.67 bits per heavy atom. The highest BCUT2D eigenvalue weighted by Crippen LogP contribution is 2.33. The van der Waals surface area contributed by atoms with Gasteiger partial charge in [-0.1, -0.05) is 15.7 Å². The summed E-state index contributed by atoms with van der Waals surface area (Å²) in [7, 11) is -8.67. The van der Waals surface area contributed by atoms with Gasteiger partial charge in [0.2, 0.25) is 0 Å². The lowest BCUT2D eigenvalue weighted by atomic mass is 10.2. The minimum Gasteiger partial charge on any atom is -0.486 e. The average Bonchev–Trinajstić information content (AvgIpc) is 2.33. The zero-order valence-corrected chi connectivity index (χ0v) is 12.8. The Morgan fingerprint density at radius 1 is 1.29 bits per heavy atom. The van der Waals surface area contributed by atoms with Gasteiger partial charge in [0, 0.05) is 11.1 Å². The molecule has 2 rings (SSSR count). The topological polar surface area (TPSA) is 137 Å². The first kappa shape index (κ1) is 16.3. The van der Waals surface area contributed by atoms with Gasteiger partial charge in [-0.25, -0.2) is 5.14 Å². The molecule has 12 heteroatoms. The molecule has 0 saturated heterocycles. The number of hydrogen-bond donors (Lipinski definition) is 3. The zero-order valence-electron chi connectivity index (χ0n) is 10.4. The number of benzene rings is 1. The number of fused-ring (bicyclic) bond motifs is 1. The van der Waals surface area contributed by atoms with E-state index in [0.29, 0.717) is 16.5 Å². The summed E-state index contributed by atoms with van der Waals surface area (Å²) in [4.78, 5) is 0. The molecule has 1 aromatic rings. The van der Waals surface area contributed by atoms with Crippen molar-refractivity contribution in [2.24, 2.45) is 5.14 Å². The van der Waals surface area contributed by atoms with Crippen LogP contribution in [0.25, 0.3) is 0 Å². The number of nitrogens with one attached hydrogen (secondary N) is 2. The normalized spacial score (nSPS) is 18.5. The van der Waals surface area contributed by atoms with Crippen LogP contribution in [0.15, 0.2) is 18.2 Å². The molecule has 1 atom stereocenters. The van der Waals surface area contributed by atoms with Gasteiger partial charge in [0.1, 0.15) is 12.7 Å². The first-order valence-electron chi connectivity index (χ1n) is 5.54. The second-order valence-corrected chi connectivity index (χ2v) is 7.61. The zero-order chi connectivity index (χ0) is 15.7. The highest BCUT2D eigenvalue weighted by atomic mass is 35.5. The molecule has 21 heavy (non-hydrogen) atoms. The second-order valence-electron chi connectivity index (χ2n) is 4.12. The number of hydrogen-bond acceptors (Lipinski definition) is 6. The predicted molar refractivity (Wildman–Crippen MR) is 74.5 cm³/mol. The van der Waals surface area contributed by atoms with E-state index in [0.717, 1.165) is 0 Å². The molecule has 1 heterocycles. The van der Waals surface area contributed by atoms with Crippen LogP contribution in [-0.4, -0.2) is 36.1 Å². The van der Waals surface area contributed by atoms with E-state index < -0.39 is 26.5 Å². The third-order valence-electron chi connectivity index (χ3n) is 2.35. The highest BCUT2D eigenvalue weighted by Gasteiger charge is 2.24. The molecule has 0 amide bonds. The number of rotatable bonds is 5. The SMILES string of the molecule is NS(=O)(=O)NS(=O)(=O)NCC1COc2cc(Cl)ccc2O1. The first-order valence-corrected chi connectivity index (χ1v) is 8.95. The van der Waals surface area contributed by atoms with Crippen LogP contribution in [0.1, 0.15) is 0 Å². The molecule has 0 aliphatic carbocycles. The molecule has 1 unspecified atom stereocenters. The summed E-state index contributed by atoms with van der Waals surface area (Å²) in [6.45, 7) is -0.127. The van der Waals surface area contributed by atoms with Gasteiger partial charge in [0.05, 0.1) is 6.54 Å². The van der Waals surface area contributed by atoms with Gasteiger partial charge < -0.3 is 9.47 Å². The summed E-state index contributed by atoms with van der Waals surface area (Å²) in [6.07, 6.45) is -0.629. The Hall–Kier alpha value is -1.11. The Kier molecular flexibility index (Phi) is 4.60. The second kappa shape index (κ2) is 5.94. The Labute approximate surface area is 126 Å². The molecule has 0 saturated carbocycles. The molecule has 1 aromatic carbocycles. The van der Waals surface area contributed by atoms with Crippen LogP contribution in [0.4, 0.5) is 0 Å². The summed E-state index contributed by atoms with van der Waals surface area (Å²) >= 11 is 5.79. The van der Waals surface area contributed by atoms with Crippen molar-refractivity contribution in [1.29, 1.82) is 0 Å². The Bertz CT molecular complexity index is 736. The average molecular weight is 358 g/mol. The molecule has 1 aliphatic rings. The highest BCUT2D eigenvalue weighted by molar-refractivity contribution is 8.02. The Morgan fingerprint density at radius 2 is 2.00 bits per heavy atom. The van der Waals surface area contributed by atoms with Crippen LogP contribution in [-0.2, 0) is 20.4 Å². The van der Waals surface area contributed by atoms with E-state index in [1.165, 1.54) is 4.13 Å². The van der Waals surface area contributed by atoms with Crippen molar-refractivity contribution < 1.29 is 26.3 Å². The van der Waals surface area contributed by atoms with Crippen molar-refractivity contribution in [3.05, 3.63) is 23.2 Å². The monoisotopic (exact) mass is 357 g/mol. The van der Waals surface area contributed by atoms with Gasteiger partial charge in [-0.15, -0.1) is 0 Å². The van der Waals surface area contributed by atoms with Crippen molar-refractivity contribution in [3.8, 4) is 11.5 Å². The van der Waals surface area contributed by atoms with Crippen LogP contribution in [0, 0.1) is 0 Å². The molecule has 4 N–H and O–H groups in total. The molecule has 118 valence electrons. The van der Waals surface area contributed by atoms with E-state index in [2.05, 4.69) is 5.14 Å². The largest absolute Gasteiger partial charge is 0.486 e. The number of nitrogens with two attached hydrogens (primary N) is 1. The van der Waals surface area contributed by atoms with Gasteiger partial charge in [-0.05, 0) is 12.1 Å². The fraction of sp³-hybridized carbons (Fsp3) is 0.333. The van der Waals surface area contributed by atoms with Gasteiger partial charge in [0.15, 0.2) is 11.5 Å². The summed E-state index contributed by atoms with van der Waals surface area (Å²) in [5.41, 5.74) is 0. The number of ether oxygens (including phenoxy) is 2. The van der Waals surface area contributed by atoms with E-state index in [1.807, 2.05) is 4.72 Å². The van der Waals surface area contributed by atoms with Gasteiger partial charge in [-0.2, -0.15) is 21.6 Å². The molecule has 9 nitrogen and oxygen atoms in total. The van der Waals surface area contributed by atoms with Gasteiger partial charge in [0.25, 0.3) is 20.4 Å².